The molecule has 3 aliphatic carbocycles. The number of nitrogens with two attached hydrogens (primary N) is 1. The normalized spacial score (nSPS) is 26.7. The Hall–Kier alpha value is 0.656. The minimum atomic E-state index is -1.69. The van der Waals surface area contributed by atoms with E-state index >= 15 is 0 Å². The summed E-state index contributed by atoms with van der Waals surface area (Å²) in [5.41, 5.74) is 6.22. The molecule has 0 unspecified atom stereocenters. The van der Waals surface area contributed by atoms with Gasteiger partial charge in [-0.15, -0.1) is 0 Å². The molecule has 4 heteroatoms. The minimum absolute atomic E-state index is 0. The summed E-state index contributed by atoms with van der Waals surface area (Å²) in [6.45, 7) is 14.9. The molecule has 0 aromatic carbocycles. The topological polar surface area (TPSA) is 35.2 Å². The zero-order chi connectivity index (χ0) is 19.4. The zero-order valence-corrected chi connectivity index (χ0v) is 19.9. The first kappa shape index (κ1) is 25.7. The summed E-state index contributed by atoms with van der Waals surface area (Å²) in [4.78, 5) is 0. The minimum Gasteiger partial charge on any atom is -0.417 e. The molecule has 0 aromatic rings. The second-order valence-corrected chi connectivity index (χ2v) is 13.6. The summed E-state index contributed by atoms with van der Waals surface area (Å²) >= 11 is 0. The summed E-state index contributed by atoms with van der Waals surface area (Å²) < 4.78 is 6.44. The molecule has 0 heterocycles. The Kier molecular flexibility index (Phi) is 10.6. The molecule has 2 atom stereocenters. The summed E-state index contributed by atoms with van der Waals surface area (Å²) in [6, 6.07) is 0.234. The van der Waals surface area contributed by atoms with Crippen LogP contribution in [-0.2, 0) is 21.5 Å². The van der Waals surface area contributed by atoms with Gasteiger partial charge in [0.1, 0.15) is 0 Å². The van der Waals surface area contributed by atoms with Gasteiger partial charge in [-0.25, -0.2) is 0 Å². The SMILES string of the molecule is CC(C)C(C)(C)[Si](C)(C)OCC[C@@H]1C[C@@H](N)[C]2[CH][CH][CH][C]21.[CH]1[CH][CH][CH][CH]1.[Fe+2]. The average molecular weight is 427 g/mol. The number of rotatable bonds is 6. The van der Waals surface area contributed by atoms with Crippen LogP contribution in [0.3, 0.4) is 0 Å². The number of hydrogen-bond donors (Lipinski definition) is 1. The van der Waals surface area contributed by atoms with Gasteiger partial charge in [0.2, 0.25) is 0 Å². The first-order chi connectivity index (χ1) is 12.2. The number of fused-ring (bicyclic) bond motifs is 1. The standard InChI is InChI=1S/C18H32NOSi.C5H5.Fe/c1-13(2)18(3,4)21(5,6)20-11-10-14-12-17(19)16-9-7-8-15(14)16;1-2-4-5-3-1;/h7-9,13-14,17H,10-12,19H2,1-6H3;1-5H;/q;;+2/t14-,17-;;/m1../s1. The van der Waals surface area contributed by atoms with Gasteiger partial charge in [0, 0.05) is 18.6 Å². The molecule has 0 aromatic heterocycles. The third kappa shape index (κ3) is 6.57. The summed E-state index contributed by atoms with van der Waals surface area (Å²) in [7, 11) is -1.69. The van der Waals surface area contributed by atoms with Gasteiger partial charge < -0.3 is 10.2 Å². The third-order valence-electron chi connectivity index (χ3n) is 6.74. The Bertz CT molecular complexity index is 415. The van der Waals surface area contributed by atoms with E-state index in [0.29, 0.717) is 16.9 Å². The van der Waals surface area contributed by atoms with Gasteiger partial charge >= 0.3 is 17.1 Å². The number of hydrogen-bond acceptors (Lipinski definition) is 2. The fourth-order valence-corrected chi connectivity index (χ4v) is 6.04. The van der Waals surface area contributed by atoms with Gasteiger partial charge in [-0.05, 0) is 100 Å². The van der Waals surface area contributed by atoms with Crippen molar-refractivity contribution in [3.8, 4) is 0 Å². The molecule has 150 valence electrons. The smallest absolute Gasteiger partial charge is 0.417 e. The molecule has 3 aliphatic rings. The van der Waals surface area contributed by atoms with Crippen LogP contribution in [0.1, 0.15) is 40.5 Å². The first-order valence-electron chi connectivity index (χ1n) is 9.98. The monoisotopic (exact) mass is 427 g/mol. The zero-order valence-electron chi connectivity index (χ0n) is 17.8. The van der Waals surface area contributed by atoms with Crippen molar-refractivity contribution in [3.63, 3.8) is 0 Å². The Morgan fingerprint density at radius 1 is 1.04 bits per heavy atom. The second kappa shape index (κ2) is 11.2. The van der Waals surface area contributed by atoms with Crippen molar-refractivity contribution in [2.75, 3.05) is 6.61 Å². The van der Waals surface area contributed by atoms with E-state index < -0.39 is 8.32 Å². The Labute approximate surface area is 181 Å². The van der Waals surface area contributed by atoms with Crippen molar-refractivity contribution in [2.24, 2.45) is 17.6 Å². The Morgan fingerprint density at radius 2 is 1.56 bits per heavy atom. The molecular formula is C23H37FeNOSi+2. The van der Waals surface area contributed by atoms with Crippen LogP contribution in [0, 0.1) is 75.0 Å². The maximum absolute atomic E-state index is 6.44. The Morgan fingerprint density at radius 3 is 2.07 bits per heavy atom. The fourth-order valence-electron chi connectivity index (χ4n) is 3.65. The molecule has 3 saturated carbocycles. The van der Waals surface area contributed by atoms with Crippen LogP contribution in [0.5, 0.6) is 0 Å². The van der Waals surface area contributed by atoms with Crippen molar-refractivity contribution >= 4 is 8.32 Å². The second-order valence-electron chi connectivity index (χ2n) is 8.96. The molecule has 0 amide bonds. The van der Waals surface area contributed by atoms with Crippen molar-refractivity contribution < 1.29 is 21.5 Å². The van der Waals surface area contributed by atoms with Crippen LogP contribution >= 0.6 is 0 Å². The van der Waals surface area contributed by atoms with Gasteiger partial charge in [0.25, 0.3) is 0 Å². The molecule has 10 radical (unpaired) electrons. The maximum atomic E-state index is 6.44. The summed E-state index contributed by atoms with van der Waals surface area (Å²) in [6.07, 6.45) is 18.8. The molecule has 2 N–H and O–H groups in total. The van der Waals surface area contributed by atoms with Crippen LogP contribution in [0.4, 0.5) is 0 Å². The van der Waals surface area contributed by atoms with E-state index in [9.17, 15) is 0 Å². The van der Waals surface area contributed by atoms with Gasteiger partial charge in [-0.3, -0.25) is 0 Å². The van der Waals surface area contributed by atoms with Crippen molar-refractivity contribution in [1.29, 1.82) is 0 Å². The van der Waals surface area contributed by atoms with Gasteiger partial charge in [-0.1, -0.05) is 27.7 Å². The predicted octanol–water partition coefficient (Wildman–Crippen LogP) is 5.18. The molecule has 0 saturated heterocycles. The van der Waals surface area contributed by atoms with E-state index in [4.69, 9.17) is 10.2 Å². The largest absolute Gasteiger partial charge is 2.00 e. The van der Waals surface area contributed by atoms with Crippen molar-refractivity contribution in [1.82, 2.24) is 0 Å². The molecular weight excluding hydrogens is 390 g/mol. The van der Waals surface area contributed by atoms with Gasteiger partial charge in [0.15, 0.2) is 8.32 Å². The van der Waals surface area contributed by atoms with Crippen LogP contribution < -0.4 is 5.73 Å². The van der Waals surface area contributed by atoms with E-state index in [1.54, 1.807) is 0 Å². The van der Waals surface area contributed by atoms with Gasteiger partial charge in [-0.2, -0.15) is 0 Å². The fraction of sp³-hybridized carbons (Fsp3) is 0.565. The molecule has 0 aliphatic heterocycles. The van der Waals surface area contributed by atoms with Crippen LogP contribution in [0.25, 0.3) is 0 Å². The average Bonchev–Trinajstić information content (AvgIpc) is 3.29. The van der Waals surface area contributed by atoms with E-state index in [2.05, 4.69) is 60.1 Å². The van der Waals surface area contributed by atoms with E-state index in [-0.39, 0.29) is 23.1 Å². The summed E-state index contributed by atoms with van der Waals surface area (Å²) in [5, 5.41) is 0.296. The molecule has 27 heavy (non-hydrogen) atoms. The first-order valence-corrected chi connectivity index (χ1v) is 12.9. The molecule has 0 spiro atoms. The molecule has 3 rings (SSSR count). The molecule has 0 bridgehead atoms. The van der Waals surface area contributed by atoms with Crippen LogP contribution in [0.2, 0.25) is 18.1 Å². The maximum Gasteiger partial charge on any atom is 2.00 e. The quantitative estimate of drug-likeness (QED) is 0.593. The van der Waals surface area contributed by atoms with Crippen LogP contribution in [0.15, 0.2) is 0 Å². The van der Waals surface area contributed by atoms with E-state index in [1.807, 2.05) is 32.1 Å². The van der Waals surface area contributed by atoms with Crippen molar-refractivity contribution in [2.45, 2.75) is 64.7 Å². The summed E-state index contributed by atoms with van der Waals surface area (Å²) in [5.74, 6) is 4.07. The third-order valence-corrected chi connectivity index (χ3v) is 11.3. The van der Waals surface area contributed by atoms with Crippen LogP contribution in [-0.4, -0.2) is 21.0 Å². The predicted molar refractivity (Wildman–Crippen MR) is 114 cm³/mol. The van der Waals surface area contributed by atoms with E-state index in [0.717, 1.165) is 19.4 Å². The van der Waals surface area contributed by atoms with Crippen molar-refractivity contribution in [3.05, 3.63) is 63.2 Å². The van der Waals surface area contributed by atoms with E-state index in [1.165, 1.54) is 11.8 Å². The Balaban J connectivity index is 0.000000526. The van der Waals surface area contributed by atoms with Gasteiger partial charge in [0.05, 0.1) is 0 Å². The molecule has 3 fully saturated rings. The molecule has 2 nitrogen and oxygen atoms in total.